The first-order chi connectivity index (χ1) is 12.0. The van der Waals surface area contributed by atoms with Gasteiger partial charge in [-0.05, 0) is 43.7 Å². The Morgan fingerprint density at radius 1 is 1.36 bits per heavy atom. The van der Waals surface area contributed by atoms with Gasteiger partial charge in [0.05, 0.1) is 16.2 Å². The first-order valence-corrected chi connectivity index (χ1v) is 9.54. The third kappa shape index (κ3) is 2.83. The number of benzene rings is 1. The highest BCUT2D eigenvalue weighted by molar-refractivity contribution is 8.01. The molecule has 130 valence electrons. The van der Waals surface area contributed by atoms with Gasteiger partial charge in [-0.15, -0.1) is 11.8 Å². The van der Waals surface area contributed by atoms with Crippen molar-refractivity contribution in [3.05, 3.63) is 47.7 Å². The van der Waals surface area contributed by atoms with Crippen LogP contribution < -0.4 is 5.32 Å². The number of carbonyl (C=O) groups excluding carboxylic acids is 2. The van der Waals surface area contributed by atoms with Crippen LogP contribution in [0.15, 0.2) is 42.7 Å². The zero-order valence-corrected chi connectivity index (χ0v) is 15.3. The van der Waals surface area contributed by atoms with Crippen LogP contribution in [0, 0.1) is 0 Å². The van der Waals surface area contributed by atoms with E-state index in [1.807, 2.05) is 42.1 Å². The summed E-state index contributed by atoms with van der Waals surface area (Å²) in [5.74, 6) is 0.539. The molecule has 4 rings (SSSR count). The van der Waals surface area contributed by atoms with E-state index >= 15 is 0 Å². The lowest BCUT2D eigenvalue weighted by molar-refractivity contribution is -0.135. The van der Waals surface area contributed by atoms with Gasteiger partial charge in [0.2, 0.25) is 11.8 Å². The van der Waals surface area contributed by atoms with Crippen molar-refractivity contribution in [2.45, 2.75) is 30.7 Å². The quantitative estimate of drug-likeness (QED) is 0.892. The van der Waals surface area contributed by atoms with Crippen LogP contribution in [0.25, 0.3) is 5.69 Å². The van der Waals surface area contributed by atoms with E-state index in [1.54, 1.807) is 28.8 Å². The maximum absolute atomic E-state index is 12.9. The zero-order chi connectivity index (χ0) is 17.6. The normalized spacial score (nSPS) is 25.3. The molecule has 0 bridgehead atoms. The molecule has 0 saturated carbocycles. The van der Waals surface area contributed by atoms with Crippen LogP contribution >= 0.6 is 23.4 Å². The summed E-state index contributed by atoms with van der Waals surface area (Å²) in [6.45, 7) is 2.05. The molecule has 0 aliphatic carbocycles. The number of hydrogen-bond acceptors (Lipinski definition) is 3. The van der Waals surface area contributed by atoms with Gasteiger partial charge in [0, 0.05) is 29.6 Å². The van der Waals surface area contributed by atoms with Gasteiger partial charge >= 0.3 is 0 Å². The van der Waals surface area contributed by atoms with Crippen molar-refractivity contribution in [3.63, 3.8) is 0 Å². The average molecular weight is 376 g/mol. The van der Waals surface area contributed by atoms with Crippen LogP contribution in [-0.2, 0) is 9.59 Å². The van der Waals surface area contributed by atoms with Crippen LogP contribution in [0.4, 0.5) is 5.69 Å². The Bertz CT molecular complexity index is 839. The first kappa shape index (κ1) is 16.5. The smallest absolute Gasteiger partial charge is 0.248 e. The monoisotopic (exact) mass is 375 g/mol. The molecule has 0 radical (unpaired) electrons. The molecule has 2 fully saturated rings. The van der Waals surface area contributed by atoms with E-state index in [1.165, 1.54) is 0 Å². The minimum absolute atomic E-state index is 0.0642. The number of thioether (sulfide) groups is 1. The minimum Gasteiger partial charge on any atom is -0.322 e. The molecule has 2 aromatic rings. The Hall–Kier alpha value is -1.92. The molecule has 1 aromatic carbocycles. The topological polar surface area (TPSA) is 54.3 Å². The minimum atomic E-state index is -0.432. The maximum atomic E-state index is 12.9. The van der Waals surface area contributed by atoms with Crippen LogP contribution in [-0.4, -0.2) is 37.9 Å². The maximum Gasteiger partial charge on any atom is 0.248 e. The van der Waals surface area contributed by atoms with E-state index in [0.29, 0.717) is 22.9 Å². The Morgan fingerprint density at radius 2 is 2.12 bits per heavy atom. The van der Waals surface area contributed by atoms with Crippen molar-refractivity contribution in [1.29, 1.82) is 0 Å². The fourth-order valence-corrected chi connectivity index (χ4v) is 5.15. The van der Waals surface area contributed by atoms with Crippen molar-refractivity contribution in [3.8, 4) is 5.69 Å². The Labute approximate surface area is 155 Å². The molecule has 1 N–H and O–H groups in total. The third-order valence-electron chi connectivity index (χ3n) is 4.85. The molecular formula is C18H18ClN3O2S. The number of aromatic nitrogens is 1. The van der Waals surface area contributed by atoms with Crippen molar-refractivity contribution in [2.24, 2.45) is 0 Å². The molecule has 1 aromatic heterocycles. The summed E-state index contributed by atoms with van der Waals surface area (Å²) in [6.07, 6.45) is 5.11. The Kier molecular flexibility index (Phi) is 4.04. The van der Waals surface area contributed by atoms with Gasteiger partial charge in [0.15, 0.2) is 0 Å². The molecule has 2 aliphatic heterocycles. The standard InChI is InChI=1S/C18H18ClN3O2S/c1-18-7-6-16(23)22(18)15(11-25-18)17(24)20-13-5-4-12(19)10-14(13)21-8-2-3-9-21/h2-5,8-10,15H,6-7,11H2,1H3,(H,20,24). The molecule has 5 nitrogen and oxygen atoms in total. The predicted octanol–water partition coefficient (Wildman–Crippen LogP) is 3.52. The lowest BCUT2D eigenvalue weighted by atomic mass is 10.2. The molecule has 3 heterocycles. The third-order valence-corrected chi connectivity index (χ3v) is 6.59. The zero-order valence-electron chi connectivity index (χ0n) is 13.7. The first-order valence-electron chi connectivity index (χ1n) is 8.18. The van der Waals surface area contributed by atoms with E-state index in [-0.39, 0.29) is 16.7 Å². The second-order valence-electron chi connectivity index (χ2n) is 6.51. The van der Waals surface area contributed by atoms with Crippen molar-refractivity contribution in [2.75, 3.05) is 11.1 Å². The van der Waals surface area contributed by atoms with E-state index < -0.39 is 6.04 Å². The van der Waals surface area contributed by atoms with Crippen LogP contribution in [0.1, 0.15) is 19.8 Å². The van der Waals surface area contributed by atoms with Gasteiger partial charge in [-0.1, -0.05) is 11.6 Å². The molecular weight excluding hydrogens is 358 g/mol. The Balaban J connectivity index is 1.61. The molecule has 7 heteroatoms. The van der Waals surface area contributed by atoms with Crippen LogP contribution in [0.2, 0.25) is 5.02 Å². The highest BCUT2D eigenvalue weighted by atomic mass is 35.5. The summed E-state index contributed by atoms with van der Waals surface area (Å²) >= 11 is 7.81. The van der Waals surface area contributed by atoms with E-state index in [4.69, 9.17) is 11.6 Å². The molecule has 25 heavy (non-hydrogen) atoms. The van der Waals surface area contributed by atoms with E-state index in [0.717, 1.165) is 12.1 Å². The number of nitrogens with zero attached hydrogens (tertiary/aromatic N) is 2. The SMILES string of the molecule is CC12CCC(=O)N1C(C(=O)Nc1ccc(Cl)cc1-n1cccc1)CS2. The molecule has 2 atom stereocenters. The lowest BCUT2D eigenvalue weighted by Crippen LogP contribution is -2.48. The number of halogens is 1. The van der Waals surface area contributed by atoms with Gasteiger partial charge in [0.1, 0.15) is 6.04 Å². The molecule has 2 aliphatic rings. The van der Waals surface area contributed by atoms with E-state index in [2.05, 4.69) is 5.32 Å². The second-order valence-corrected chi connectivity index (χ2v) is 8.44. The molecule has 2 saturated heterocycles. The summed E-state index contributed by atoms with van der Waals surface area (Å²) in [5.41, 5.74) is 1.47. The number of anilines is 1. The van der Waals surface area contributed by atoms with Gasteiger partial charge in [-0.25, -0.2) is 0 Å². The summed E-state index contributed by atoms with van der Waals surface area (Å²) in [5, 5.41) is 3.59. The average Bonchev–Trinajstić information content (AvgIpc) is 3.27. The van der Waals surface area contributed by atoms with Gasteiger partial charge in [0.25, 0.3) is 0 Å². The number of nitrogens with one attached hydrogen (secondary N) is 1. The summed E-state index contributed by atoms with van der Waals surface area (Å²) in [6, 6.07) is 8.74. The van der Waals surface area contributed by atoms with Crippen molar-refractivity contribution < 1.29 is 9.59 Å². The van der Waals surface area contributed by atoms with Crippen LogP contribution in [0.5, 0.6) is 0 Å². The fourth-order valence-electron chi connectivity index (χ4n) is 3.55. The summed E-state index contributed by atoms with van der Waals surface area (Å²) < 4.78 is 1.90. The van der Waals surface area contributed by atoms with Gasteiger partial charge in [-0.2, -0.15) is 0 Å². The lowest BCUT2D eigenvalue weighted by Gasteiger charge is -2.30. The largest absolute Gasteiger partial charge is 0.322 e. The number of hydrogen-bond donors (Lipinski definition) is 1. The number of rotatable bonds is 3. The predicted molar refractivity (Wildman–Crippen MR) is 100 cm³/mol. The van der Waals surface area contributed by atoms with Crippen molar-refractivity contribution in [1.82, 2.24) is 9.47 Å². The molecule has 2 unspecified atom stereocenters. The van der Waals surface area contributed by atoms with E-state index in [9.17, 15) is 9.59 Å². The van der Waals surface area contributed by atoms with Crippen LogP contribution in [0.3, 0.4) is 0 Å². The second kappa shape index (κ2) is 6.11. The highest BCUT2D eigenvalue weighted by Crippen LogP contribution is 2.47. The van der Waals surface area contributed by atoms with Gasteiger partial charge < -0.3 is 14.8 Å². The number of fused-ring (bicyclic) bond motifs is 1. The van der Waals surface area contributed by atoms with Crippen molar-refractivity contribution >= 4 is 40.9 Å². The number of amides is 2. The Morgan fingerprint density at radius 3 is 2.88 bits per heavy atom. The molecule has 0 spiro atoms. The number of carbonyl (C=O) groups is 2. The summed E-state index contributed by atoms with van der Waals surface area (Å²) in [4.78, 5) is 26.6. The summed E-state index contributed by atoms with van der Waals surface area (Å²) in [7, 11) is 0. The fraction of sp³-hybridized carbons (Fsp3) is 0.333. The highest BCUT2D eigenvalue weighted by Gasteiger charge is 2.52. The molecule has 2 amide bonds. The van der Waals surface area contributed by atoms with Gasteiger partial charge in [-0.3, -0.25) is 9.59 Å².